The van der Waals surface area contributed by atoms with Crippen molar-refractivity contribution < 1.29 is 12.8 Å². The van der Waals surface area contributed by atoms with Crippen LogP contribution in [-0.2, 0) is 9.84 Å². The minimum atomic E-state index is -3.66. The minimum Gasteiger partial charge on any atom is -0.316 e. The van der Waals surface area contributed by atoms with Gasteiger partial charge in [-0.1, -0.05) is 26.0 Å². The summed E-state index contributed by atoms with van der Waals surface area (Å²) in [6, 6.07) is 5.57. The minimum absolute atomic E-state index is 0.107. The Labute approximate surface area is 126 Å². The van der Waals surface area contributed by atoms with Gasteiger partial charge >= 0.3 is 0 Å². The Hall–Kier alpha value is -0.940. The van der Waals surface area contributed by atoms with E-state index in [1.165, 1.54) is 18.2 Å². The fourth-order valence-corrected chi connectivity index (χ4v) is 5.42. The molecule has 3 atom stereocenters. The van der Waals surface area contributed by atoms with Crippen molar-refractivity contribution in [3.05, 3.63) is 30.1 Å². The molecular formula is C16H24FNO2S. The second-order valence-electron chi connectivity index (χ2n) is 6.23. The average Bonchev–Trinajstić information content (AvgIpc) is 2.46. The van der Waals surface area contributed by atoms with Gasteiger partial charge in [0.25, 0.3) is 0 Å². The highest BCUT2D eigenvalue weighted by atomic mass is 32.2. The fraction of sp³-hybridized carbons (Fsp3) is 0.625. The molecule has 0 saturated heterocycles. The third-order valence-electron chi connectivity index (χ3n) is 4.69. The van der Waals surface area contributed by atoms with Gasteiger partial charge in [-0.05, 0) is 50.3 Å². The standard InChI is InChI=1S/C16H24FNO2S/c1-11(2)12-8-9-14(18-3)16(10-12)21(19,20)15-7-5-4-6-13(15)17/h4-7,11-12,14,16,18H,8-10H2,1-3H3. The van der Waals surface area contributed by atoms with Crippen LogP contribution in [0.3, 0.4) is 0 Å². The third-order valence-corrected chi connectivity index (χ3v) is 6.95. The van der Waals surface area contributed by atoms with E-state index in [1.54, 1.807) is 13.1 Å². The molecule has 1 saturated carbocycles. The van der Waals surface area contributed by atoms with E-state index in [-0.39, 0.29) is 10.9 Å². The van der Waals surface area contributed by atoms with Gasteiger partial charge in [-0.3, -0.25) is 0 Å². The lowest BCUT2D eigenvalue weighted by Gasteiger charge is -2.37. The van der Waals surface area contributed by atoms with Crippen LogP contribution in [0.5, 0.6) is 0 Å². The van der Waals surface area contributed by atoms with Gasteiger partial charge < -0.3 is 5.32 Å². The lowest BCUT2D eigenvalue weighted by Crippen LogP contribution is -2.47. The summed E-state index contributed by atoms with van der Waals surface area (Å²) in [5.41, 5.74) is 0. The molecule has 1 aromatic rings. The molecule has 0 radical (unpaired) electrons. The second kappa shape index (κ2) is 6.44. The first-order chi connectivity index (χ1) is 9.87. The molecule has 0 amide bonds. The van der Waals surface area contributed by atoms with Crippen LogP contribution in [0.15, 0.2) is 29.2 Å². The molecule has 2 rings (SSSR count). The normalized spacial score (nSPS) is 27.0. The first-order valence-electron chi connectivity index (χ1n) is 7.53. The first-order valence-corrected chi connectivity index (χ1v) is 9.08. The van der Waals surface area contributed by atoms with Crippen molar-refractivity contribution in [3.8, 4) is 0 Å². The molecule has 0 aromatic heterocycles. The van der Waals surface area contributed by atoms with Crippen LogP contribution in [-0.4, -0.2) is 26.8 Å². The highest BCUT2D eigenvalue weighted by Gasteiger charge is 2.40. The second-order valence-corrected chi connectivity index (χ2v) is 8.36. The molecule has 1 fully saturated rings. The van der Waals surface area contributed by atoms with Crippen molar-refractivity contribution >= 4 is 9.84 Å². The smallest absolute Gasteiger partial charge is 0.185 e. The molecule has 0 bridgehead atoms. The maximum Gasteiger partial charge on any atom is 0.185 e. The maximum atomic E-state index is 13.9. The zero-order valence-corrected chi connectivity index (χ0v) is 13.7. The molecule has 0 heterocycles. The lowest BCUT2D eigenvalue weighted by molar-refractivity contribution is 0.246. The number of hydrogen-bond acceptors (Lipinski definition) is 3. The van der Waals surface area contributed by atoms with Crippen molar-refractivity contribution in [2.45, 2.75) is 49.3 Å². The Balaban J connectivity index is 2.38. The summed E-state index contributed by atoms with van der Waals surface area (Å²) in [5.74, 6) is 0.168. The molecule has 21 heavy (non-hydrogen) atoms. The monoisotopic (exact) mass is 313 g/mol. The number of sulfone groups is 1. The molecule has 1 aliphatic carbocycles. The zero-order chi connectivity index (χ0) is 15.6. The summed E-state index contributed by atoms with van der Waals surface area (Å²) < 4.78 is 39.7. The van der Waals surface area contributed by atoms with Gasteiger partial charge in [0, 0.05) is 6.04 Å². The number of rotatable bonds is 4. The summed E-state index contributed by atoms with van der Waals surface area (Å²) in [6.07, 6.45) is 2.43. The number of halogens is 1. The Morgan fingerprint density at radius 2 is 1.90 bits per heavy atom. The van der Waals surface area contributed by atoms with E-state index in [4.69, 9.17) is 0 Å². The van der Waals surface area contributed by atoms with E-state index in [0.29, 0.717) is 18.3 Å². The van der Waals surface area contributed by atoms with E-state index < -0.39 is 20.9 Å². The van der Waals surface area contributed by atoms with Crippen molar-refractivity contribution in [2.24, 2.45) is 11.8 Å². The summed E-state index contributed by atoms with van der Waals surface area (Å²) in [5, 5.41) is 2.55. The largest absolute Gasteiger partial charge is 0.316 e. The molecule has 0 spiro atoms. The molecule has 3 nitrogen and oxygen atoms in total. The SMILES string of the molecule is CNC1CCC(C(C)C)CC1S(=O)(=O)c1ccccc1F. The summed E-state index contributed by atoms with van der Waals surface area (Å²) in [4.78, 5) is -0.167. The zero-order valence-electron chi connectivity index (χ0n) is 12.8. The highest BCUT2D eigenvalue weighted by molar-refractivity contribution is 7.92. The molecule has 3 unspecified atom stereocenters. The van der Waals surface area contributed by atoms with Crippen molar-refractivity contribution in [3.63, 3.8) is 0 Å². The van der Waals surface area contributed by atoms with Crippen LogP contribution < -0.4 is 5.32 Å². The molecule has 0 aliphatic heterocycles. The molecule has 1 aliphatic rings. The fourth-order valence-electron chi connectivity index (χ4n) is 3.28. The van der Waals surface area contributed by atoms with Crippen molar-refractivity contribution in [1.29, 1.82) is 0 Å². The number of hydrogen-bond donors (Lipinski definition) is 1. The Kier molecular flexibility index (Phi) is 5.04. The maximum absolute atomic E-state index is 13.9. The topological polar surface area (TPSA) is 46.2 Å². The van der Waals surface area contributed by atoms with Crippen LogP contribution in [0.4, 0.5) is 4.39 Å². The van der Waals surface area contributed by atoms with Gasteiger partial charge in [-0.2, -0.15) is 0 Å². The lowest BCUT2D eigenvalue weighted by atomic mass is 9.79. The average molecular weight is 313 g/mol. The third kappa shape index (κ3) is 3.29. The molecule has 1 N–H and O–H groups in total. The molecule has 5 heteroatoms. The Morgan fingerprint density at radius 1 is 1.24 bits per heavy atom. The van der Waals surface area contributed by atoms with Crippen LogP contribution in [0.25, 0.3) is 0 Å². The van der Waals surface area contributed by atoms with Gasteiger partial charge in [-0.25, -0.2) is 12.8 Å². The van der Waals surface area contributed by atoms with Crippen LogP contribution >= 0.6 is 0 Å². The van der Waals surface area contributed by atoms with Gasteiger partial charge in [0.1, 0.15) is 10.7 Å². The van der Waals surface area contributed by atoms with E-state index >= 15 is 0 Å². The van der Waals surface area contributed by atoms with E-state index in [1.807, 2.05) is 0 Å². The van der Waals surface area contributed by atoms with Gasteiger partial charge in [0.05, 0.1) is 5.25 Å². The first kappa shape index (κ1) is 16.4. The highest BCUT2D eigenvalue weighted by Crippen LogP contribution is 2.36. The van der Waals surface area contributed by atoms with Crippen molar-refractivity contribution in [2.75, 3.05) is 7.05 Å². The summed E-state index contributed by atoms with van der Waals surface area (Å²) in [7, 11) is -1.88. The van der Waals surface area contributed by atoms with E-state index in [9.17, 15) is 12.8 Å². The Morgan fingerprint density at radius 3 is 2.48 bits per heavy atom. The Bertz CT molecular complexity index is 586. The van der Waals surface area contributed by atoms with Crippen LogP contribution in [0.1, 0.15) is 33.1 Å². The van der Waals surface area contributed by atoms with Gasteiger partial charge in [-0.15, -0.1) is 0 Å². The molecule has 118 valence electrons. The van der Waals surface area contributed by atoms with Crippen LogP contribution in [0, 0.1) is 17.7 Å². The van der Waals surface area contributed by atoms with Crippen molar-refractivity contribution in [1.82, 2.24) is 5.32 Å². The molecule has 1 aromatic carbocycles. The van der Waals surface area contributed by atoms with E-state index in [2.05, 4.69) is 19.2 Å². The molecular weight excluding hydrogens is 289 g/mol. The van der Waals surface area contributed by atoms with Crippen LogP contribution in [0.2, 0.25) is 0 Å². The van der Waals surface area contributed by atoms with E-state index in [0.717, 1.165) is 12.8 Å². The predicted octanol–water partition coefficient (Wildman–Crippen LogP) is 3.01. The number of nitrogens with one attached hydrogen (secondary N) is 1. The predicted molar refractivity (Wildman–Crippen MR) is 82.4 cm³/mol. The number of benzene rings is 1. The van der Waals surface area contributed by atoms with Gasteiger partial charge in [0.15, 0.2) is 9.84 Å². The van der Waals surface area contributed by atoms with Gasteiger partial charge in [0.2, 0.25) is 0 Å². The summed E-state index contributed by atoms with van der Waals surface area (Å²) >= 11 is 0. The quantitative estimate of drug-likeness (QED) is 0.929. The summed E-state index contributed by atoms with van der Waals surface area (Å²) in [6.45, 7) is 4.24.